The van der Waals surface area contributed by atoms with Gasteiger partial charge in [-0.15, -0.1) is 5.10 Å². The van der Waals surface area contributed by atoms with E-state index in [9.17, 15) is 5.11 Å². The first-order valence-corrected chi connectivity index (χ1v) is 5.45. The number of β-amino-alcohol motifs (C(OH)–C–C–N with tert-alkyl or cyclic N) is 1. The van der Waals surface area contributed by atoms with Crippen molar-refractivity contribution in [2.45, 2.75) is 39.0 Å². The largest absolute Gasteiger partial charge is 0.392 e. The molecule has 0 aromatic carbocycles. The number of rotatable bonds is 4. The molecule has 1 aliphatic heterocycles. The Morgan fingerprint density at radius 3 is 3.07 bits per heavy atom. The topological polar surface area (TPSA) is 67.1 Å². The van der Waals surface area contributed by atoms with E-state index in [2.05, 4.69) is 27.3 Å². The summed E-state index contributed by atoms with van der Waals surface area (Å²) in [4.78, 5) is 2.18. The van der Waals surface area contributed by atoms with Crippen molar-refractivity contribution in [3.05, 3.63) is 5.82 Å². The lowest BCUT2D eigenvalue weighted by Gasteiger charge is -2.13. The summed E-state index contributed by atoms with van der Waals surface area (Å²) in [6, 6.07) is 0. The van der Waals surface area contributed by atoms with Crippen molar-refractivity contribution in [2.75, 3.05) is 13.1 Å². The molecule has 0 bridgehead atoms. The molecule has 1 atom stereocenters. The summed E-state index contributed by atoms with van der Waals surface area (Å²) in [6.45, 7) is 5.37. The fraction of sp³-hybridized carbons (Fsp3) is 0.889. The highest BCUT2D eigenvalue weighted by Crippen LogP contribution is 2.11. The third-order valence-corrected chi connectivity index (χ3v) is 2.65. The third-order valence-electron chi connectivity index (χ3n) is 2.65. The lowest BCUT2D eigenvalue weighted by molar-refractivity contribution is 0.173. The molecule has 0 unspecified atom stereocenters. The number of hydrogen-bond donors (Lipinski definition) is 1. The number of nitrogens with zero attached hydrogens (tertiary/aromatic N) is 5. The first kappa shape index (κ1) is 10.5. The van der Waals surface area contributed by atoms with Crippen LogP contribution in [0.5, 0.6) is 0 Å². The van der Waals surface area contributed by atoms with Crippen LogP contribution in [0.25, 0.3) is 0 Å². The zero-order valence-corrected chi connectivity index (χ0v) is 9.00. The molecule has 2 heterocycles. The van der Waals surface area contributed by atoms with Gasteiger partial charge in [0.15, 0.2) is 5.82 Å². The molecule has 6 nitrogen and oxygen atoms in total. The van der Waals surface area contributed by atoms with Crippen LogP contribution in [0.1, 0.15) is 25.6 Å². The number of aromatic nitrogens is 4. The van der Waals surface area contributed by atoms with Crippen molar-refractivity contribution < 1.29 is 5.11 Å². The molecular weight excluding hydrogens is 194 g/mol. The summed E-state index contributed by atoms with van der Waals surface area (Å²) in [5.41, 5.74) is 0. The molecule has 1 aromatic rings. The maximum absolute atomic E-state index is 9.40. The van der Waals surface area contributed by atoms with E-state index in [1.165, 1.54) is 0 Å². The maximum atomic E-state index is 9.40. The Bertz CT molecular complexity index is 313. The Morgan fingerprint density at radius 2 is 2.40 bits per heavy atom. The van der Waals surface area contributed by atoms with E-state index in [-0.39, 0.29) is 6.10 Å². The fourth-order valence-electron chi connectivity index (χ4n) is 1.88. The van der Waals surface area contributed by atoms with Gasteiger partial charge in [-0.2, -0.15) is 0 Å². The fourth-order valence-corrected chi connectivity index (χ4v) is 1.88. The first-order chi connectivity index (χ1) is 7.29. The smallest absolute Gasteiger partial charge is 0.165 e. The first-order valence-electron chi connectivity index (χ1n) is 5.45. The minimum absolute atomic E-state index is 0.180. The predicted octanol–water partition coefficient (Wildman–Crippen LogP) is -0.350. The summed E-state index contributed by atoms with van der Waals surface area (Å²) >= 11 is 0. The number of hydrogen-bond acceptors (Lipinski definition) is 5. The number of aliphatic hydroxyl groups excluding tert-OH is 1. The number of aliphatic hydroxyl groups is 1. The van der Waals surface area contributed by atoms with Gasteiger partial charge in [-0.25, -0.2) is 4.68 Å². The standard InChI is InChI=1S/C9H17N5O/c1-2-4-14-9(10-11-12-14)7-13-5-3-8(15)6-13/h8,15H,2-7H2,1H3/t8-/m0/s1. The molecule has 6 heteroatoms. The molecule has 15 heavy (non-hydrogen) atoms. The summed E-state index contributed by atoms with van der Waals surface area (Å²) in [5.74, 6) is 0.894. The highest BCUT2D eigenvalue weighted by Gasteiger charge is 2.21. The van der Waals surface area contributed by atoms with Crippen molar-refractivity contribution in [1.82, 2.24) is 25.1 Å². The van der Waals surface area contributed by atoms with Gasteiger partial charge in [0.1, 0.15) is 0 Å². The van der Waals surface area contributed by atoms with Crippen LogP contribution in [0.4, 0.5) is 0 Å². The van der Waals surface area contributed by atoms with Crippen molar-refractivity contribution in [2.24, 2.45) is 0 Å². The summed E-state index contributed by atoms with van der Waals surface area (Å²) in [5, 5.41) is 21.0. The second kappa shape index (κ2) is 4.67. The van der Waals surface area contributed by atoms with Crippen molar-refractivity contribution in [1.29, 1.82) is 0 Å². The zero-order valence-electron chi connectivity index (χ0n) is 9.00. The molecule has 0 amide bonds. The molecule has 1 aromatic heterocycles. The highest BCUT2D eigenvalue weighted by atomic mass is 16.3. The van der Waals surface area contributed by atoms with Crippen LogP contribution < -0.4 is 0 Å². The van der Waals surface area contributed by atoms with Gasteiger partial charge < -0.3 is 5.11 Å². The molecule has 0 saturated carbocycles. The van der Waals surface area contributed by atoms with Gasteiger partial charge in [0.05, 0.1) is 12.6 Å². The third kappa shape index (κ3) is 2.51. The van der Waals surface area contributed by atoms with Crippen molar-refractivity contribution >= 4 is 0 Å². The second-order valence-electron chi connectivity index (χ2n) is 4.00. The predicted molar refractivity (Wildman–Crippen MR) is 54.0 cm³/mol. The molecule has 1 saturated heterocycles. The zero-order chi connectivity index (χ0) is 10.7. The quantitative estimate of drug-likeness (QED) is 0.737. The Labute approximate surface area is 88.9 Å². The molecule has 0 spiro atoms. The minimum Gasteiger partial charge on any atom is -0.392 e. The van der Waals surface area contributed by atoms with Gasteiger partial charge in [0.25, 0.3) is 0 Å². The Balaban J connectivity index is 1.95. The van der Waals surface area contributed by atoms with Gasteiger partial charge in [-0.05, 0) is 23.3 Å². The van der Waals surface area contributed by atoms with Crippen LogP contribution in [-0.2, 0) is 13.1 Å². The van der Waals surface area contributed by atoms with Crippen LogP contribution in [0.15, 0.2) is 0 Å². The Morgan fingerprint density at radius 1 is 1.53 bits per heavy atom. The van der Waals surface area contributed by atoms with Gasteiger partial charge in [0.2, 0.25) is 0 Å². The van der Waals surface area contributed by atoms with Gasteiger partial charge in [0, 0.05) is 19.6 Å². The van der Waals surface area contributed by atoms with Crippen LogP contribution in [0.3, 0.4) is 0 Å². The van der Waals surface area contributed by atoms with Crippen LogP contribution in [-0.4, -0.2) is 49.4 Å². The number of aryl methyl sites for hydroxylation is 1. The molecule has 84 valence electrons. The van der Waals surface area contributed by atoms with Gasteiger partial charge >= 0.3 is 0 Å². The van der Waals surface area contributed by atoms with E-state index in [0.29, 0.717) is 0 Å². The van der Waals surface area contributed by atoms with E-state index in [4.69, 9.17) is 0 Å². The molecule has 0 aliphatic carbocycles. The lowest BCUT2D eigenvalue weighted by atomic mass is 10.3. The average molecular weight is 211 g/mol. The van der Waals surface area contributed by atoms with E-state index >= 15 is 0 Å². The second-order valence-corrected chi connectivity index (χ2v) is 4.00. The van der Waals surface area contributed by atoms with Crippen LogP contribution in [0, 0.1) is 0 Å². The van der Waals surface area contributed by atoms with Crippen molar-refractivity contribution in [3.63, 3.8) is 0 Å². The summed E-state index contributed by atoms with van der Waals surface area (Å²) in [6.07, 6.45) is 1.70. The monoisotopic (exact) mass is 211 g/mol. The van der Waals surface area contributed by atoms with E-state index in [1.54, 1.807) is 0 Å². The van der Waals surface area contributed by atoms with Gasteiger partial charge in [-0.3, -0.25) is 4.90 Å². The molecular formula is C9H17N5O. The highest BCUT2D eigenvalue weighted by molar-refractivity contribution is 4.84. The maximum Gasteiger partial charge on any atom is 0.165 e. The number of tetrazole rings is 1. The molecule has 0 radical (unpaired) electrons. The van der Waals surface area contributed by atoms with E-state index in [0.717, 1.165) is 44.8 Å². The molecule has 1 N–H and O–H groups in total. The van der Waals surface area contributed by atoms with E-state index < -0.39 is 0 Å². The normalized spacial score (nSPS) is 22.4. The average Bonchev–Trinajstić information content (AvgIpc) is 2.78. The molecule has 1 fully saturated rings. The SMILES string of the molecule is CCCn1nnnc1CN1CC[C@H](O)C1. The Hall–Kier alpha value is -1.01. The Kier molecular flexibility index (Phi) is 3.27. The van der Waals surface area contributed by atoms with Gasteiger partial charge in [-0.1, -0.05) is 6.92 Å². The summed E-state index contributed by atoms with van der Waals surface area (Å²) < 4.78 is 1.84. The summed E-state index contributed by atoms with van der Waals surface area (Å²) in [7, 11) is 0. The van der Waals surface area contributed by atoms with Crippen LogP contribution in [0.2, 0.25) is 0 Å². The van der Waals surface area contributed by atoms with E-state index in [1.807, 2.05) is 4.68 Å². The van der Waals surface area contributed by atoms with Crippen molar-refractivity contribution in [3.8, 4) is 0 Å². The van der Waals surface area contributed by atoms with Crippen LogP contribution >= 0.6 is 0 Å². The minimum atomic E-state index is -0.180. The number of likely N-dealkylation sites (tertiary alicyclic amines) is 1. The molecule has 2 rings (SSSR count). The lowest BCUT2D eigenvalue weighted by Crippen LogP contribution is -2.24. The molecule has 1 aliphatic rings.